The van der Waals surface area contributed by atoms with Gasteiger partial charge in [-0.25, -0.2) is 0 Å². The lowest BCUT2D eigenvalue weighted by atomic mass is 9.87. The van der Waals surface area contributed by atoms with Crippen molar-refractivity contribution in [2.75, 3.05) is 0 Å². The van der Waals surface area contributed by atoms with Crippen LogP contribution in [0.15, 0.2) is 231 Å². The van der Waals surface area contributed by atoms with Crippen LogP contribution in [0, 0.1) is 13.7 Å². The normalized spacial score (nSPS) is 14.9. The van der Waals surface area contributed by atoms with Crippen LogP contribution in [0.1, 0.15) is 19.4 Å². The molecule has 0 bridgehead atoms. The third-order valence-corrected chi connectivity index (χ3v) is 20.3. The van der Waals surface area contributed by atoms with E-state index in [1.54, 1.807) is 12.1 Å². The van der Waals surface area contributed by atoms with Crippen LogP contribution in [0.3, 0.4) is 0 Å². The van der Waals surface area contributed by atoms with Crippen molar-refractivity contribution >= 4 is 115 Å². The first-order chi connectivity index (χ1) is 37.5. The van der Waals surface area contributed by atoms with Crippen molar-refractivity contribution in [1.29, 1.82) is 0 Å². The third kappa shape index (κ3) is 5.58. The summed E-state index contributed by atoms with van der Waals surface area (Å²) in [5, 5.41) is 20.0. The maximum atomic E-state index is 9.46. The quantitative estimate of drug-likeness (QED) is 0.153. The fourth-order valence-corrected chi connectivity index (χ4v) is 17.6. The lowest BCUT2D eigenvalue weighted by molar-refractivity contribution is 0.482. The molecular formula is C68H44O2Si. The summed E-state index contributed by atoms with van der Waals surface area (Å²) >= 11 is 0. The van der Waals surface area contributed by atoms with Crippen molar-refractivity contribution in [2.45, 2.75) is 13.7 Å². The van der Waals surface area contributed by atoms with E-state index in [2.05, 4.69) is 133 Å². The molecular weight excluding hydrogens is 877 g/mol. The zero-order valence-electron chi connectivity index (χ0n) is 44.3. The van der Waals surface area contributed by atoms with Crippen LogP contribution in [0.2, 0.25) is 0 Å². The van der Waals surface area contributed by atoms with E-state index in [0.29, 0.717) is 23.0 Å². The Kier molecular flexibility index (Phi) is 7.35. The molecule has 13 aromatic rings. The molecule has 0 atom stereocenters. The van der Waals surface area contributed by atoms with Gasteiger partial charge in [-0.3, -0.25) is 0 Å². The van der Waals surface area contributed by atoms with E-state index in [0.717, 1.165) is 107 Å². The van der Waals surface area contributed by atoms with E-state index in [9.17, 15) is 8.22 Å². The standard InChI is InChI=1S/C68H44O2Si/c1-41-35-36-66-68(70-62-31-15-18-34-65(62)71(66)63-32-16-13-29-60(63)69-61-30-14-17-33-64(61)71)67(41)53-38-55-51-27-11-12-28-52(51)59-40-57-48-24-8-6-22-46(48)44-20-4-3-19-43(44)45-21-5-7-23-47(45)56(57)39-58(59)50-26-10-9-25-49(50)54(55)37-42(53)2/h3-40H,1-2H3/i1D3,2D3. The van der Waals surface area contributed by atoms with E-state index in [1.807, 2.05) is 84.9 Å². The van der Waals surface area contributed by atoms with E-state index >= 15 is 0 Å². The maximum Gasteiger partial charge on any atom is 0.196 e. The molecule has 1 spiro atoms. The van der Waals surface area contributed by atoms with Crippen molar-refractivity contribution < 1.29 is 17.7 Å². The van der Waals surface area contributed by atoms with Crippen LogP contribution in [0.25, 0.3) is 97.3 Å². The average molecular weight is 927 g/mol. The van der Waals surface area contributed by atoms with Crippen LogP contribution in [0.5, 0.6) is 23.0 Å². The third-order valence-electron chi connectivity index (χ3n) is 15.4. The van der Waals surface area contributed by atoms with Gasteiger partial charge in [0.2, 0.25) is 0 Å². The van der Waals surface area contributed by atoms with Crippen molar-refractivity contribution in [3.05, 3.63) is 242 Å². The Balaban J connectivity index is 1.14. The van der Waals surface area contributed by atoms with Crippen molar-refractivity contribution in [3.63, 3.8) is 0 Å². The summed E-state index contributed by atoms with van der Waals surface area (Å²) in [4.78, 5) is 0. The van der Waals surface area contributed by atoms with Gasteiger partial charge in [0, 0.05) is 13.8 Å². The Labute approximate surface area is 420 Å². The summed E-state index contributed by atoms with van der Waals surface area (Å²) in [5.41, 5.74) is 0.545. The molecule has 0 N–H and O–H groups in total. The smallest absolute Gasteiger partial charge is 0.196 e. The van der Waals surface area contributed by atoms with Gasteiger partial charge in [0.05, 0.1) is 0 Å². The lowest BCUT2D eigenvalue weighted by Gasteiger charge is -2.43. The monoisotopic (exact) mass is 926 g/mol. The number of ether oxygens (including phenoxy) is 2. The number of aryl methyl sites for hydroxylation is 2. The fraction of sp³-hybridized carbons (Fsp3) is 0.0294. The highest BCUT2D eigenvalue weighted by Gasteiger charge is 2.53. The largest absolute Gasteiger partial charge is 0.458 e. The highest BCUT2D eigenvalue weighted by Crippen LogP contribution is 2.46. The Morgan fingerprint density at radius 3 is 1.00 bits per heavy atom. The summed E-state index contributed by atoms with van der Waals surface area (Å²) in [6.45, 7) is -5.40. The van der Waals surface area contributed by atoms with Crippen LogP contribution < -0.4 is 30.2 Å². The van der Waals surface area contributed by atoms with Crippen LogP contribution in [-0.2, 0) is 0 Å². The molecule has 3 heteroatoms. The number of hydrogen-bond acceptors (Lipinski definition) is 2. The minimum absolute atomic E-state index is 0.00266. The van der Waals surface area contributed by atoms with E-state index in [1.165, 1.54) is 0 Å². The first-order valence-corrected chi connectivity index (χ1v) is 26.2. The Bertz CT molecular complexity index is 4750. The summed E-state index contributed by atoms with van der Waals surface area (Å²) in [6, 6.07) is 78.8. The van der Waals surface area contributed by atoms with E-state index < -0.39 is 21.8 Å². The SMILES string of the molecule is [2H]C([2H])([2H])c1cc2c3ccccc3c3cc4c5ccccc5c5ccccc5c5ccccc5c4cc3c3ccccc3c2cc1-c1c(C([2H])([2H])[2H])ccc2c1Oc1ccccc1[Si]21c2ccccc2Oc2ccccc21. The number of para-hydroxylation sites is 3. The van der Waals surface area contributed by atoms with Gasteiger partial charge in [-0.15, -0.1) is 0 Å². The Morgan fingerprint density at radius 2 is 0.606 bits per heavy atom. The first kappa shape index (κ1) is 34.5. The van der Waals surface area contributed by atoms with Gasteiger partial charge in [-0.2, -0.15) is 0 Å². The second kappa shape index (κ2) is 15.1. The minimum Gasteiger partial charge on any atom is -0.458 e. The number of benzene rings is 11. The van der Waals surface area contributed by atoms with Gasteiger partial charge in [0.1, 0.15) is 23.0 Å². The fourth-order valence-electron chi connectivity index (χ4n) is 12.5. The summed E-state index contributed by atoms with van der Waals surface area (Å²) in [5.74, 6) is 2.35. The molecule has 332 valence electrons. The first-order valence-electron chi connectivity index (χ1n) is 27.2. The molecule has 0 fully saturated rings. The second-order valence-corrected chi connectivity index (χ2v) is 22.6. The highest BCUT2D eigenvalue weighted by molar-refractivity contribution is 7.21. The number of hydrogen-bond donors (Lipinski definition) is 0. The van der Waals surface area contributed by atoms with Crippen LogP contribution >= 0.6 is 0 Å². The molecule has 15 rings (SSSR count). The van der Waals surface area contributed by atoms with Crippen LogP contribution in [-0.4, -0.2) is 8.07 Å². The number of fused-ring (bicyclic) bond motifs is 24. The summed E-state index contributed by atoms with van der Waals surface area (Å²) in [6.07, 6.45) is 0. The molecule has 0 aliphatic carbocycles. The van der Waals surface area contributed by atoms with E-state index in [-0.39, 0.29) is 22.3 Å². The molecule has 0 unspecified atom stereocenters. The molecule has 71 heavy (non-hydrogen) atoms. The Hall–Kier alpha value is -8.76. The van der Waals surface area contributed by atoms with Gasteiger partial charge < -0.3 is 9.47 Å². The molecule has 2 aliphatic heterocycles. The van der Waals surface area contributed by atoms with Crippen molar-refractivity contribution in [1.82, 2.24) is 0 Å². The van der Waals surface area contributed by atoms with Gasteiger partial charge in [0.25, 0.3) is 0 Å². The predicted molar refractivity (Wildman–Crippen MR) is 303 cm³/mol. The zero-order valence-corrected chi connectivity index (χ0v) is 39.3. The molecule has 0 aromatic heterocycles. The van der Waals surface area contributed by atoms with Gasteiger partial charge in [-0.05, 0) is 174 Å². The summed E-state index contributed by atoms with van der Waals surface area (Å²) < 4.78 is 70.0. The molecule has 2 aliphatic rings. The maximum absolute atomic E-state index is 9.46. The lowest BCUT2D eigenvalue weighted by Crippen LogP contribution is -2.77. The van der Waals surface area contributed by atoms with Crippen molar-refractivity contribution in [2.24, 2.45) is 0 Å². The molecule has 0 amide bonds. The highest BCUT2D eigenvalue weighted by atomic mass is 28.3. The van der Waals surface area contributed by atoms with Crippen LogP contribution in [0.4, 0.5) is 0 Å². The molecule has 13 aromatic carbocycles. The van der Waals surface area contributed by atoms with E-state index in [4.69, 9.17) is 9.47 Å². The second-order valence-electron chi connectivity index (χ2n) is 18.9. The van der Waals surface area contributed by atoms with Gasteiger partial charge in [0.15, 0.2) is 8.07 Å². The minimum atomic E-state index is -3.41. The molecule has 0 radical (unpaired) electrons. The van der Waals surface area contributed by atoms with Gasteiger partial charge >= 0.3 is 0 Å². The summed E-state index contributed by atoms with van der Waals surface area (Å²) in [7, 11) is -3.41. The molecule has 0 saturated carbocycles. The topological polar surface area (TPSA) is 18.5 Å². The van der Waals surface area contributed by atoms with Crippen molar-refractivity contribution in [3.8, 4) is 34.1 Å². The molecule has 2 nitrogen and oxygen atoms in total. The van der Waals surface area contributed by atoms with Gasteiger partial charge in [-0.1, -0.05) is 194 Å². The number of rotatable bonds is 1. The molecule has 0 saturated heterocycles. The Morgan fingerprint density at radius 1 is 0.282 bits per heavy atom. The molecule has 2 heterocycles. The average Bonchev–Trinajstić information content (AvgIpc) is 3.64. The zero-order chi connectivity index (χ0) is 52.0. The predicted octanol–water partition coefficient (Wildman–Crippen LogP) is 15.9.